The number of esters is 2. The van der Waals surface area contributed by atoms with Crippen LogP contribution >= 0.6 is 11.3 Å². The minimum absolute atomic E-state index is 0.375. The van der Waals surface area contributed by atoms with Crippen molar-refractivity contribution >= 4 is 44.5 Å². The molecule has 0 radical (unpaired) electrons. The van der Waals surface area contributed by atoms with Crippen molar-refractivity contribution in [1.29, 1.82) is 0 Å². The summed E-state index contributed by atoms with van der Waals surface area (Å²) in [5.74, 6) is 1.95. The number of hydrogen-bond acceptors (Lipinski definition) is 4. The van der Waals surface area contributed by atoms with Gasteiger partial charge >= 0.3 is 11.9 Å². The van der Waals surface area contributed by atoms with E-state index in [0.717, 1.165) is 33.6 Å². The van der Waals surface area contributed by atoms with Crippen LogP contribution in [0.3, 0.4) is 0 Å². The Labute approximate surface area is 196 Å². The molecule has 4 bridgehead atoms. The van der Waals surface area contributed by atoms with Crippen LogP contribution in [-0.2, 0) is 14.3 Å². The highest BCUT2D eigenvalue weighted by molar-refractivity contribution is 7.17. The Hall–Kier alpha value is -2.98. The molecule has 164 valence electrons. The van der Waals surface area contributed by atoms with E-state index in [1.807, 2.05) is 41.7 Å². The predicted octanol–water partition coefficient (Wildman–Crippen LogP) is 4.72. The quantitative estimate of drug-likeness (QED) is 0.418. The summed E-state index contributed by atoms with van der Waals surface area (Å²) in [5.41, 5.74) is 3.77. The van der Waals surface area contributed by atoms with Gasteiger partial charge in [-0.15, -0.1) is 11.3 Å². The van der Waals surface area contributed by atoms with Crippen LogP contribution in [0.4, 0.5) is 0 Å². The molecule has 4 fully saturated rings. The summed E-state index contributed by atoms with van der Waals surface area (Å²) in [7, 11) is 0. The van der Waals surface area contributed by atoms with Crippen LogP contribution in [0, 0.1) is 23.7 Å². The first-order valence-electron chi connectivity index (χ1n) is 11.9. The first-order chi connectivity index (χ1) is 16.2. The molecule has 33 heavy (non-hydrogen) atoms. The molecule has 0 unspecified atom stereocenters. The van der Waals surface area contributed by atoms with Crippen LogP contribution in [0.15, 0.2) is 66.2 Å². The van der Waals surface area contributed by atoms with Crippen molar-refractivity contribution in [2.45, 2.75) is 32.1 Å². The Bertz CT molecular complexity index is 1440. The number of benzene rings is 2. The fourth-order valence-corrected chi connectivity index (χ4v) is 8.54. The molecule has 5 aliphatic rings. The molecular formula is C29H24O3S. The molecule has 3 nitrogen and oxygen atoms in total. The maximum absolute atomic E-state index is 12.8. The third-order valence-electron chi connectivity index (χ3n) is 8.13. The normalized spacial score (nSPS) is 29.0. The van der Waals surface area contributed by atoms with Gasteiger partial charge in [0, 0.05) is 31.5 Å². The summed E-state index contributed by atoms with van der Waals surface area (Å²) < 4.78 is 7.53. The first-order valence-corrected chi connectivity index (χ1v) is 12.8. The van der Waals surface area contributed by atoms with Crippen molar-refractivity contribution in [3.63, 3.8) is 0 Å². The lowest BCUT2D eigenvalue weighted by Crippen LogP contribution is -2.43. The lowest BCUT2D eigenvalue weighted by Gasteiger charge is -2.51. The largest absolute Gasteiger partial charge is 0.386 e. The van der Waals surface area contributed by atoms with E-state index in [1.165, 1.54) is 47.4 Å². The second kappa shape index (κ2) is 7.26. The van der Waals surface area contributed by atoms with Gasteiger partial charge in [0.1, 0.15) is 0 Å². The Morgan fingerprint density at radius 2 is 1.48 bits per heavy atom. The zero-order valence-electron chi connectivity index (χ0n) is 18.3. The molecule has 0 atom stereocenters. The van der Waals surface area contributed by atoms with Gasteiger partial charge in [-0.05, 0) is 73.0 Å². The molecule has 8 rings (SSSR count). The minimum Gasteiger partial charge on any atom is -0.386 e. The van der Waals surface area contributed by atoms with Gasteiger partial charge in [0.15, 0.2) is 0 Å². The third kappa shape index (κ3) is 3.00. The van der Waals surface area contributed by atoms with E-state index in [0.29, 0.717) is 17.4 Å². The Kier molecular flexibility index (Phi) is 4.29. The summed E-state index contributed by atoms with van der Waals surface area (Å²) >= 11 is 1.86. The van der Waals surface area contributed by atoms with Crippen molar-refractivity contribution in [1.82, 2.24) is 0 Å². The molecule has 0 amide bonds. The van der Waals surface area contributed by atoms with Gasteiger partial charge in [-0.2, -0.15) is 0 Å². The van der Waals surface area contributed by atoms with Crippen LogP contribution in [0.1, 0.15) is 37.7 Å². The molecule has 4 aliphatic carbocycles. The van der Waals surface area contributed by atoms with Gasteiger partial charge in [0.2, 0.25) is 0 Å². The molecular weight excluding hydrogens is 428 g/mol. The van der Waals surface area contributed by atoms with Gasteiger partial charge in [-0.25, -0.2) is 9.59 Å². The van der Waals surface area contributed by atoms with Gasteiger partial charge in [-0.1, -0.05) is 48.5 Å². The molecule has 0 spiro atoms. The molecule has 4 saturated carbocycles. The number of cyclic esters (lactones) is 2. The summed E-state index contributed by atoms with van der Waals surface area (Å²) in [4.78, 5) is 24.9. The maximum atomic E-state index is 12.8. The molecule has 0 saturated heterocycles. The number of carbonyl (C=O) groups excluding carboxylic acids is 2. The topological polar surface area (TPSA) is 43.4 Å². The summed E-state index contributed by atoms with van der Waals surface area (Å²) in [6.07, 6.45) is 8.02. The standard InChI is InChI=1S/C29H24O3S/c30-24-15-22(29(31)32-24)26(18-6-2-1-3-7-18)27-21-8-4-5-9-23(21)33-28(27)25-19-11-16-10-17(13-19)14-20(25)12-16/h1-9,15-17,19-20H,10-14H2/b27-26-,28-25?. The highest BCUT2D eigenvalue weighted by atomic mass is 32.1. The number of rotatable bonds is 2. The summed E-state index contributed by atoms with van der Waals surface area (Å²) in [6, 6.07) is 18.5. The van der Waals surface area contributed by atoms with Crippen LogP contribution < -0.4 is 9.75 Å². The lowest BCUT2D eigenvalue weighted by molar-refractivity contribution is -0.150. The fourth-order valence-electron chi connectivity index (χ4n) is 7.13. The van der Waals surface area contributed by atoms with Crippen LogP contribution in [0.2, 0.25) is 0 Å². The number of thiophene rings is 1. The second-order valence-electron chi connectivity index (χ2n) is 10.1. The smallest absolute Gasteiger partial charge is 0.346 e. The summed E-state index contributed by atoms with van der Waals surface area (Å²) in [6.45, 7) is 0. The molecule has 1 aromatic heterocycles. The lowest BCUT2D eigenvalue weighted by atomic mass is 9.54. The average molecular weight is 453 g/mol. The van der Waals surface area contributed by atoms with Crippen molar-refractivity contribution in [3.8, 4) is 0 Å². The monoisotopic (exact) mass is 452 g/mol. The Morgan fingerprint density at radius 3 is 2.15 bits per heavy atom. The predicted molar refractivity (Wildman–Crippen MR) is 130 cm³/mol. The van der Waals surface area contributed by atoms with E-state index < -0.39 is 11.9 Å². The van der Waals surface area contributed by atoms with Crippen LogP contribution in [-0.4, -0.2) is 11.9 Å². The van der Waals surface area contributed by atoms with Crippen molar-refractivity contribution in [2.75, 3.05) is 0 Å². The van der Waals surface area contributed by atoms with E-state index in [4.69, 9.17) is 4.74 Å². The van der Waals surface area contributed by atoms with E-state index in [2.05, 4.69) is 24.3 Å². The van der Waals surface area contributed by atoms with Crippen LogP contribution in [0.5, 0.6) is 0 Å². The third-order valence-corrected chi connectivity index (χ3v) is 9.35. The average Bonchev–Trinajstić information content (AvgIpc) is 3.34. The van der Waals surface area contributed by atoms with E-state index in [-0.39, 0.29) is 0 Å². The SMILES string of the molecule is O=C1C=C(/C(c2ccccc2)=c2\c(=C3C4CC5CC(C4)CC3C5)sc3ccccc23)C(=O)O1. The first kappa shape index (κ1) is 19.5. The van der Waals surface area contributed by atoms with Crippen molar-refractivity contribution < 1.29 is 14.3 Å². The molecule has 2 aromatic carbocycles. The fraction of sp³-hybridized carbons (Fsp3) is 0.310. The van der Waals surface area contributed by atoms with E-state index in [1.54, 1.807) is 5.57 Å². The number of hydrogen-bond donors (Lipinski definition) is 0. The summed E-state index contributed by atoms with van der Waals surface area (Å²) in [5, 5.41) is 2.27. The maximum Gasteiger partial charge on any atom is 0.346 e. The number of fused-ring (bicyclic) bond motifs is 1. The van der Waals surface area contributed by atoms with Gasteiger partial charge < -0.3 is 4.74 Å². The number of carbonyl (C=O) groups is 2. The van der Waals surface area contributed by atoms with E-state index >= 15 is 0 Å². The molecule has 1 aliphatic heterocycles. The Balaban J connectivity index is 1.66. The molecule has 4 heteroatoms. The highest BCUT2D eigenvalue weighted by Crippen LogP contribution is 2.56. The van der Waals surface area contributed by atoms with Crippen molar-refractivity contribution in [2.24, 2.45) is 23.7 Å². The molecule has 2 heterocycles. The second-order valence-corrected chi connectivity index (χ2v) is 11.1. The van der Waals surface area contributed by atoms with E-state index in [9.17, 15) is 9.59 Å². The van der Waals surface area contributed by atoms with Crippen molar-refractivity contribution in [3.05, 3.63) is 81.6 Å². The minimum atomic E-state index is -0.577. The van der Waals surface area contributed by atoms with Gasteiger partial charge in [-0.3, -0.25) is 0 Å². The van der Waals surface area contributed by atoms with Crippen LogP contribution in [0.25, 0.3) is 21.2 Å². The Morgan fingerprint density at radius 1 is 0.818 bits per heavy atom. The number of ether oxygens (including phenoxy) is 1. The zero-order chi connectivity index (χ0) is 22.1. The molecule has 3 aromatic rings. The molecule has 0 N–H and O–H groups in total. The van der Waals surface area contributed by atoms with Gasteiger partial charge in [0.25, 0.3) is 0 Å². The van der Waals surface area contributed by atoms with Gasteiger partial charge in [0.05, 0.1) is 5.57 Å². The zero-order valence-corrected chi connectivity index (χ0v) is 19.1. The highest BCUT2D eigenvalue weighted by Gasteiger charge is 2.45.